The van der Waals surface area contributed by atoms with Crippen molar-refractivity contribution in [3.8, 4) is 0 Å². The van der Waals surface area contributed by atoms with E-state index in [-0.39, 0.29) is 18.0 Å². The van der Waals surface area contributed by atoms with E-state index in [1.54, 1.807) is 0 Å². The Balaban J connectivity index is 1.45. The topological polar surface area (TPSA) is 35.5 Å². The highest BCUT2D eigenvalue weighted by molar-refractivity contribution is 5.74. The minimum absolute atomic E-state index is 0.00847. The van der Waals surface area contributed by atoms with E-state index in [4.69, 9.17) is 9.47 Å². The third kappa shape index (κ3) is 2.88. The Morgan fingerprint density at radius 2 is 2.05 bits per heavy atom. The second kappa shape index (κ2) is 5.96. The molecule has 3 nitrogen and oxygen atoms in total. The fourth-order valence-electron chi connectivity index (χ4n) is 3.44. The first kappa shape index (κ1) is 13.6. The third-order valence-corrected chi connectivity index (χ3v) is 4.70. The summed E-state index contributed by atoms with van der Waals surface area (Å²) < 4.78 is 11.3. The Labute approximate surface area is 120 Å². The number of carbonyl (C=O) groups is 1. The van der Waals surface area contributed by atoms with Crippen molar-refractivity contribution in [1.29, 1.82) is 0 Å². The van der Waals surface area contributed by atoms with Gasteiger partial charge in [0.1, 0.15) is 6.10 Å². The predicted molar refractivity (Wildman–Crippen MR) is 76.0 cm³/mol. The highest BCUT2D eigenvalue weighted by atomic mass is 16.6. The highest BCUT2D eigenvalue weighted by Gasteiger charge is 2.44. The van der Waals surface area contributed by atoms with Gasteiger partial charge in [-0.15, -0.1) is 0 Å². The monoisotopic (exact) mass is 274 g/mol. The lowest BCUT2D eigenvalue weighted by atomic mass is 9.76. The van der Waals surface area contributed by atoms with Gasteiger partial charge in [0.2, 0.25) is 0 Å². The van der Waals surface area contributed by atoms with Crippen LogP contribution in [0.5, 0.6) is 0 Å². The molecule has 1 saturated carbocycles. The number of hydrogen-bond acceptors (Lipinski definition) is 3. The van der Waals surface area contributed by atoms with Gasteiger partial charge < -0.3 is 9.47 Å². The Morgan fingerprint density at radius 3 is 2.85 bits per heavy atom. The number of benzene rings is 1. The van der Waals surface area contributed by atoms with E-state index >= 15 is 0 Å². The van der Waals surface area contributed by atoms with E-state index in [1.165, 1.54) is 5.56 Å². The van der Waals surface area contributed by atoms with Crippen LogP contribution in [0.3, 0.4) is 0 Å². The number of ether oxygens (including phenoxy) is 2. The lowest BCUT2D eigenvalue weighted by Gasteiger charge is -2.30. The highest BCUT2D eigenvalue weighted by Crippen LogP contribution is 2.40. The molecule has 0 spiro atoms. The molecule has 1 heterocycles. The van der Waals surface area contributed by atoms with Crippen molar-refractivity contribution in [3.05, 3.63) is 35.9 Å². The fraction of sp³-hybridized carbons (Fsp3) is 0.588. The molecule has 4 atom stereocenters. The summed E-state index contributed by atoms with van der Waals surface area (Å²) in [5.74, 6) is 1.04. The van der Waals surface area contributed by atoms with E-state index in [9.17, 15) is 4.79 Å². The molecule has 1 aliphatic heterocycles. The summed E-state index contributed by atoms with van der Waals surface area (Å²) in [4.78, 5) is 11.6. The summed E-state index contributed by atoms with van der Waals surface area (Å²) in [6, 6.07) is 10.2. The molecule has 3 heteroatoms. The molecule has 1 aromatic carbocycles. The summed E-state index contributed by atoms with van der Waals surface area (Å²) >= 11 is 0. The molecule has 0 radical (unpaired) electrons. The quantitative estimate of drug-likeness (QED) is 0.791. The van der Waals surface area contributed by atoms with Gasteiger partial charge in [-0.1, -0.05) is 37.3 Å². The van der Waals surface area contributed by atoms with Crippen molar-refractivity contribution < 1.29 is 14.3 Å². The van der Waals surface area contributed by atoms with Gasteiger partial charge in [0, 0.05) is 12.5 Å². The first-order valence-corrected chi connectivity index (χ1v) is 7.56. The summed E-state index contributed by atoms with van der Waals surface area (Å²) in [5.41, 5.74) is 1.21. The lowest BCUT2D eigenvalue weighted by molar-refractivity contribution is -0.144. The molecule has 0 amide bonds. The second-order valence-corrected chi connectivity index (χ2v) is 6.11. The number of rotatable bonds is 4. The van der Waals surface area contributed by atoms with Gasteiger partial charge in [-0.2, -0.15) is 0 Å². The van der Waals surface area contributed by atoms with E-state index in [1.807, 2.05) is 25.1 Å². The SMILES string of the molecule is CC1C(=O)O[C@@H]2C[C@H](COCc3ccccc3)CC[C@H]12. The second-order valence-electron chi connectivity index (χ2n) is 6.11. The molecule has 0 bridgehead atoms. The van der Waals surface area contributed by atoms with Gasteiger partial charge in [-0.25, -0.2) is 0 Å². The Kier molecular flexibility index (Phi) is 4.06. The molecule has 1 aliphatic carbocycles. The van der Waals surface area contributed by atoms with Crippen LogP contribution in [0.1, 0.15) is 31.7 Å². The first-order chi connectivity index (χ1) is 9.74. The van der Waals surface area contributed by atoms with Crippen LogP contribution in [0.2, 0.25) is 0 Å². The van der Waals surface area contributed by atoms with Crippen molar-refractivity contribution in [2.45, 2.75) is 38.9 Å². The standard InChI is InChI=1S/C17H22O3/c1-12-15-8-7-14(9-16(15)20-17(12)18)11-19-10-13-5-3-2-4-6-13/h2-6,12,14-16H,7-11H2,1H3/t12?,14-,15-,16-/m1/s1. The molecule has 0 aromatic heterocycles. The van der Waals surface area contributed by atoms with Gasteiger partial charge in [-0.05, 0) is 30.7 Å². The smallest absolute Gasteiger partial charge is 0.309 e. The maximum atomic E-state index is 11.6. The van der Waals surface area contributed by atoms with Crippen LogP contribution in [0.15, 0.2) is 30.3 Å². The molecular formula is C17H22O3. The Hall–Kier alpha value is -1.35. The predicted octanol–water partition coefficient (Wildman–Crippen LogP) is 3.18. The van der Waals surface area contributed by atoms with Crippen molar-refractivity contribution in [3.63, 3.8) is 0 Å². The molecule has 2 fully saturated rings. The molecule has 20 heavy (non-hydrogen) atoms. The van der Waals surface area contributed by atoms with Gasteiger partial charge in [0.25, 0.3) is 0 Å². The third-order valence-electron chi connectivity index (χ3n) is 4.70. The van der Waals surface area contributed by atoms with Crippen LogP contribution in [0.4, 0.5) is 0 Å². The maximum Gasteiger partial charge on any atom is 0.309 e. The van der Waals surface area contributed by atoms with Gasteiger partial charge in [0.15, 0.2) is 0 Å². The minimum Gasteiger partial charge on any atom is -0.462 e. The summed E-state index contributed by atoms with van der Waals surface area (Å²) in [6.07, 6.45) is 3.35. The fourth-order valence-corrected chi connectivity index (χ4v) is 3.44. The van der Waals surface area contributed by atoms with Crippen LogP contribution in [-0.4, -0.2) is 18.7 Å². The molecule has 0 N–H and O–H groups in total. The van der Waals surface area contributed by atoms with Crippen molar-refractivity contribution >= 4 is 5.97 Å². The summed E-state index contributed by atoms with van der Waals surface area (Å²) in [5, 5.41) is 0. The molecule has 3 rings (SSSR count). The normalized spacial score (nSPS) is 32.8. The Morgan fingerprint density at radius 1 is 1.25 bits per heavy atom. The van der Waals surface area contributed by atoms with Crippen LogP contribution in [-0.2, 0) is 20.9 Å². The molecule has 108 valence electrons. The van der Waals surface area contributed by atoms with Gasteiger partial charge in [0.05, 0.1) is 12.5 Å². The van der Waals surface area contributed by atoms with Crippen molar-refractivity contribution in [2.75, 3.05) is 6.61 Å². The molecule has 1 saturated heterocycles. The average molecular weight is 274 g/mol. The zero-order chi connectivity index (χ0) is 13.9. The van der Waals surface area contributed by atoms with E-state index in [0.717, 1.165) is 25.9 Å². The number of esters is 1. The zero-order valence-electron chi connectivity index (χ0n) is 12.0. The number of carbonyl (C=O) groups excluding carboxylic acids is 1. The molecule has 2 aliphatic rings. The van der Waals surface area contributed by atoms with Crippen LogP contribution in [0.25, 0.3) is 0 Å². The minimum atomic E-state index is -0.00847. The van der Waals surface area contributed by atoms with Crippen LogP contribution in [0, 0.1) is 17.8 Å². The Bertz CT molecular complexity index is 457. The molecular weight excluding hydrogens is 252 g/mol. The number of hydrogen-bond donors (Lipinski definition) is 0. The number of fused-ring (bicyclic) bond motifs is 1. The average Bonchev–Trinajstić information content (AvgIpc) is 2.75. The maximum absolute atomic E-state index is 11.6. The van der Waals surface area contributed by atoms with E-state index in [0.29, 0.717) is 18.4 Å². The van der Waals surface area contributed by atoms with Crippen LogP contribution < -0.4 is 0 Å². The zero-order valence-corrected chi connectivity index (χ0v) is 12.0. The molecule has 1 aromatic rings. The van der Waals surface area contributed by atoms with Crippen LogP contribution >= 0.6 is 0 Å². The molecule has 1 unspecified atom stereocenters. The largest absolute Gasteiger partial charge is 0.462 e. The van der Waals surface area contributed by atoms with Gasteiger partial charge in [-0.3, -0.25) is 4.79 Å². The van der Waals surface area contributed by atoms with Crippen molar-refractivity contribution in [1.82, 2.24) is 0 Å². The lowest BCUT2D eigenvalue weighted by Crippen LogP contribution is -2.30. The first-order valence-electron chi connectivity index (χ1n) is 7.56. The summed E-state index contributed by atoms with van der Waals surface area (Å²) in [6.45, 7) is 3.44. The van der Waals surface area contributed by atoms with E-state index in [2.05, 4.69) is 12.1 Å². The van der Waals surface area contributed by atoms with Gasteiger partial charge >= 0.3 is 5.97 Å². The van der Waals surface area contributed by atoms with E-state index < -0.39 is 0 Å². The summed E-state index contributed by atoms with van der Waals surface area (Å²) in [7, 11) is 0. The van der Waals surface area contributed by atoms with Crippen molar-refractivity contribution in [2.24, 2.45) is 17.8 Å².